The Kier molecular flexibility index (Phi) is 7.82. The van der Waals surface area contributed by atoms with Gasteiger partial charge in [0.2, 0.25) is 5.91 Å². The molecule has 0 bridgehead atoms. The van der Waals surface area contributed by atoms with Crippen LogP contribution < -0.4 is 10.1 Å². The molecule has 2 aromatic rings. The summed E-state index contributed by atoms with van der Waals surface area (Å²) in [5.41, 5.74) is 3.87. The number of benzene rings is 2. The number of hydrogen-bond acceptors (Lipinski definition) is 4. The van der Waals surface area contributed by atoms with Crippen LogP contribution in [0.5, 0.6) is 5.75 Å². The van der Waals surface area contributed by atoms with Gasteiger partial charge in [-0.25, -0.2) is 0 Å². The monoisotopic (exact) mass is 435 g/mol. The van der Waals surface area contributed by atoms with E-state index < -0.39 is 0 Å². The van der Waals surface area contributed by atoms with E-state index in [4.69, 9.17) is 4.74 Å². The number of amides is 1. The molecule has 0 saturated carbocycles. The summed E-state index contributed by atoms with van der Waals surface area (Å²) in [5, 5.41) is 3.18. The molecule has 5 heteroatoms. The van der Waals surface area contributed by atoms with E-state index in [9.17, 15) is 4.79 Å². The summed E-state index contributed by atoms with van der Waals surface area (Å²) in [6, 6.07) is 17.1. The van der Waals surface area contributed by atoms with Gasteiger partial charge in [-0.2, -0.15) is 0 Å². The third-order valence-corrected chi connectivity index (χ3v) is 6.97. The lowest BCUT2D eigenvalue weighted by Gasteiger charge is -2.26. The van der Waals surface area contributed by atoms with Gasteiger partial charge in [0, 0.05) is 32.1 Å². The summed E-state index contributed by atoms with van der Waals surface area (Å²) in [7, 11) is 3.79. The fourth-order valence-electron chi connectivity index (χ4n) is 5.10. The molecule has 2 aromatic carbocycles. The van der Waals surface area contributed by atoms with Crippen LogP contribution in [0.1, 0.15) is 41.9 Å². The Morgan fingerprint density at radius 1 is 0.969 bits per heavy atom. The highest BCUT2D eigenvalue weighted by Gasteiger charge is 2.36. The second kappa shape index (κ2) is 11.0. The van der Waals surface area contributed by atoms with Crippen molar-refractivity contribution in [1.82, 2.24) is 15.1 Å². The van der Waals surface area contributed by atoms with E-state index in [2.05, 4.69) is 58.6 Å². The molecule has 172 valence electrons. The van der Waals surface area contributed by atoms with Crippen molar-refractivity contribution in [3.05, 3.63) is 65.2 Å². The minimum absolute atomic E-state index is 0.00353. The molecule has 2 aliphatic rings. The van der Waals surface area contributed by atoms with Crippen LogP contribution in [0.25, 0.3) is 0 Å². The average molecular weight is 436 g/mol. The number of carbonyl (C=O) groups is 1. The third kappa shape index (κ3) is 5.90. The molecule has 1 N–H and O–H groups in total. The van der Waals surface area contributed by atoms with Crippen molar-refractivity contribution in [2.45, 2.75) is 38.1 Å². The van der Waals surface area contributed by atoms with Gasteiger partial charge in [-0.05, 0) is 68.2 Å². The Bertz CT molecular complexity index is 859. The lowest BCUT2D eigenvalue weighted by atomic mass is 9.88. The van der Waals surface area contributed by atoms with Crippen LogP contribution in [0.15, 0.2) is 48.5 Å². The van der Waals surface area contributed by atoms with Crippen molar-refractivity contribution in [3.63, 3.8) is 0 Å². The molecule has 1 amide bonds. The predicted octanol–water partition coefficient (Wildman–Crippen LogP) is 3.69. The van der Waals surface area contributed by atoms with E-state index in [-0.39, 0.29) is 17.7 Å². The van der Waals surface area contributed by atoms with Gasteiger partial charge in [-0.15, -0.1) is 0 Å². The first-order valence-electron chi connectivity index (χ1n) is 12.0. The maximum atomic E-state index is 13.0. The number of nitrogens with zero attached hydrogens (tertiary/aromatic N) is 2. The number of likely N-dealkylation sites (N-methyl/N-ethyl adjacent to an activating group) is 1. The van der Waals surface area contributed by atoms with E-state index in [1.54, 1.807) is 7.11 Å². The number of methoxy groups -OCH3 is 1. The number of hydrogen-bond donors (Lipinski definition) is 1. The Labute approximate surface area is 192 Å². The zero-order chi connectivity index (χ0) is 22.3. The first-order valence-corrected chi connectivity index (χ1v) is 12.0. The second-order valence-electron chi connectivity index (χ2n) is 9.40. The van der Waals surface area contributed by atoms with Crippen molar-refractivity contribution < 1.29 is 9.53 Å². The molecule has 2 unspecified atom stereocenters. The van der Waals surface area contributed by atoms with Crippen molar-refractivity contribution in [2.75, 3.05) is 46.9 Å². The van der Waals surface area contributed by atoms with Crippen LogP contribution in [0, 0.1) is 5.92 Å². The second-order valence-corrected chi connectivity index (χ2v) is 9.40. The highest BCUT2D eigenvalue weighted by molar-refractivity contribution is 5.80. The molecule has 2 fully saturated rings. The first-order chi connectivity index (χ1) is 15.6. The Morgan fingerprint density at radius 2 is 1.66 bits per heavy atom. The third-order valence-electron chi connectivity index (χ3n) is 6.97. The van der Waals surface area contributed by atoms with E-state index in [1.165, 1.54) is 49.0 Å². The predicted molar refractivity (Wildman–Crippen MR) is 129 cm³/mol. The van der Waals surface area contributed by atoms with Crippen LogP contribution in [0.3, 0.4) is 0 Å². The van der Waals surface area contributed by atoms with Gasteiger partial charge in [0.05, 0.1) is 13.0 Å². The van der Waals surface area contributed by atoms with Crippen LogP contribution in [-0.2, 0) is 17.8 Å². The van der Waals surface area contributed by atoms with E-state index in [0.717, 1.165) is 31.8 Å². The van der Waals surface area contributed by atoms with Gasteiger partial charge in [-0.1, -0.05) is 42.8 Å². The van der Waals surface area contributed by atoms with Crippen LogP contribution >= 0.6 is 0 Å². The molecular formula is C27H37N3O2. The summed E-state index contributed by atoms with van der Waals surface area (Å²) in [5.74, 6) is 1.29. The van der Waals surface area contributed by atoms with Gasteiger partial charge < -0.3 is 15.0 Å². The van der Waals surface area contributed by atoms with E-state index >= 15 is 0 Å². The van der Waals surface area contributed by atoms with Crippen molar-refractivity contribution in [3.8, 4) is 5.75 Å². The Balaban J connectivity index is 1.32. The summed E-state index contributed by atoms with van der Waals surface area (Å²) in [6.07, 6.45) is 4.84. The zero-order valence-corrected chi connectivity index (χ0v) is 19.6. The summed E-state index contributed by atoms with van der Waals surface area (Å²) >= 11 is 0. The molecule has 2 saturated heterocycles. The molecule has 0 spiro atoms. The standard InChI is InChI=1S/C27H37N3O2/c1-29-19-25(23-10-6-22(7-11-23)18-30-16-4-3-5-17-30)26(20-29)27(31)28-15-14-21-8-12-24(32-2)13-9-21/h6-13,25-26H,3-5,14-20H2,1-2H3,(H,28,31). The maximum Gasteiger partial charge on any atom is 0.225 e. The summed E-state index contributed by atoms with van der Waals surface area (Å²) < 4.78 is 5.21. The molecule has 4 rings (SSSR count). The molecule has 5 nitrogen and oxygen atoms in total. The molecule has 0 aromatic heterocycles. The topological polar surface area (TPSA) is 44.8 Å². The van der Waals surface area contributed by atoms with Gasteiger partial charge in [0.1, 0.15) is 5.75 Å². The fourth-order valence-corrected chi connectivity index (χ4v) is 5.10. The fraction of sp³-hybridized carbons (Fsp3) is 0.519. The largest absolute Gasteiger partial charge is 0.497 e. The van der Waals surface area contributed by atoms with Crippen LogP contribution in [0.2, 0.25) is 0 Å². The van der Waals surface area contributed by atoms with Gasteiger partial charge in [0.15, 0.2) is 0 Å². The zero-order valence-electron chi connectivity index (χ0n) is 19.6. The summed E-state index contributed by atoms with van der Waals surface area (Å²) in [4.78, 5) is 17.9. The number of likely N-dealkylation sites (tertiary alicyclic amines) is 2. The number of nitrogens with one attached hydrogen (secondary N) is 1. The van der Waals surface area contributed by atoms with Crippen molar-refractivity contribution in [1.29, 1.82) is 0 Å². The van der Waals surface area contributed by atoms with E-state index in [1.807, 2.05) is 12.1 Å². The number of carbonyl (C=O) groups excluding carboxylic acids is 1. The Morgan fingerprint density at radius 3 is 2.34 bits per heavy atom. The maximum absolute atomic E-state index is 13.0. The molecule has 2 aliphatic heterocycles. The molecule has 2 heterocycles. The van der Waals surface area contributed by atoms with E-state index in [0.29, 0.717) is 6.54 Å². The van der Waals surface area contributed by atoms with Gasteiger partial charge in [0.25, 0.3) is 0 Å². The summed E-state index contributed by atoms with van der Waals surface area (Å²) in [6.45, 7) is 5.88. The number of piperidine rings is 1. The average Bonchev–Trinajstić information content (AvgIpc) is 3.22. The lowest BCUT2D eigenvalue weighted by molar-refractivity contribution is -0.124. The quantitative estimate of drug-likeness (QED) is 0.687. The molecule has 0 radical (unpaired) electrons. The minimum Gasteiger partial charge on any atom is -0.497 e. The number of rotatable bonds is 8. The highest BCUT2D eigenvalue weighted by atomic mass is 16.5. The smallest absolute Gasteiger partial charge is 0.225 e. The first kappa shape index (κ1) is 22.8. The molecule has 2 atom stereocenters. The molecular weight excluding hydrogens is 398 g/mol. The normalized spacial score (nSPS) is 22.1. The van der Waals surface area contributed by atoms with Crippen molar-refractivity contribution >= 4 is 5.91 Å². The van der Waals surface area contributed by atoms with Crippen molar-refractivity contribution in [2.24, 2.45) is 5.92 Å². The van der Waals surface area contributed by atoms with Crippen LogP contribution in [0.4, 0.5) is 0 Å². The number of ether oxygens (including phenoxy) is 1. The lowest BCUT2D eigenvalue weighted by Crippen LogP contribution is -2.35. The Hall–Kier alpha value is -2.37. The minimum atomic E-state index is 0.00353. The molecule has 32 heavy (non-hydrogen) atoms. The SMILES string of the molecule is COc1ccc(CCNC(=O)C2CN(C)CC2c2ccc(CN3CCCCC3)cc2)cc1. The van der Waals surface area contributed by atoms with Crippen LogP contribution in [-0.4, -0.2) is 62.6 Å². The van der Waals surface area contributed by atoms with Gasteiger partial charge in [-0.3, -0.25) is 9.69 Å². The highest BCUT2D eigenvalue weighted by Crippen LogP contribution is 2.32. The van der Waals surface area contributed by atoms with Gasteiger partial charge >= 0.3 is 0 Å². The molecule has 0 aliphatic carbocycles.